The summed E-state index contributed by atoms with van der Waals surface area (Å²) in [6.07, 6.45) is 1.92. The highest BCUT2D eigenvalue weighted by Crippen LogP contribution is 2.28. The number of halogens is 1. The van der Waals surface area contributed by atoms with Gasteiger partial charge in [-0.2, -0.15) is 0 Å². The van der Waals surface area contributed by atoms with Crippen molar-refractivity contribution in [3.63, 3.8) is 0 Å². The number of benzene rings is 2. The molecular formula is C19H20BrNO2. The molecule has 0 radical (unpaired) electrons. The van der Waals surface area contributed by atoms with Crippen LogP contribution in [-0.2, 0) is 11.3 Å². The normalized spacial score (nSPS) is 17.8. The second kappa shape index (κ2) is 7.64. The number of rotatable bonds is 3. The van der Waals surface area contributed by atoms with E-state index in [4.69, 9.17) is 4.74 Å². The van der Waals surface area contributed by atoms with Gasteiger partial charge in [-0.15, -0.1) is 0 Å². The van der Waals surface area contributed by atoms with Crippen LogP contribution in [0.5, 0.6) is 0 Å². The minimum Gasteiger partial charge on any atom is -0.445 e. The molecule has 1 aliphatic heterocycles. The zero-order chi connectivity index (χ0) is 16.1. The first-order valence-corrected chi connectivity index (χ1v) is 8.73. The monoisotopic (exact) mass is 373 g/mol. The van der Waals surface area contributed by atoms with Crippen molar-refractivity contribution < 1.29 is 9.53 Å². The molecule has 1 heterocycles. The second-order valence-corrected chi connectivity index (χ2v) is 6.79. The number of ether oxygens (including phenoxy) is 1. The molecule has 0 aliphatic carbocycles. The molecule has 4 heteroatoms. The molecule has 0 spiro atoms. The van der Waals surface area contributed by atoms with Crippen LogP contribution < -0.4 is 0 Å². The van der Waals surface area contributed by atoms with Crippen LogP contribution in [0.1, 0.15) is 29.9 Å². The summed E-state index contributed by atoms with van der Waals surface area (Å²) in [6.45, 7) is 1.84. The van der Waals surface area contributed by atoms with E-state index >= 15 is 0 Å². The predicted molar refractivity (Wildman–Crippen MR) is 94.3 cm³/mol. The van der Waals surface area contributed by atoms with E-state index in [0.717, 1.165) is 36.0 Å². The summed E-state index contributed by atoms with van der Waals surface area (Å²) >= 11 is 3.46. The Morgan fingerprint density at radius 1 is 1.13 bits per heavy atom. The zero-order valence-corrected chi connectivity index (χ0v) is 14.5. The topological polar surface area (TPSA) is 29.5 Å². The number of nitrogens with zero attached hydrogens (tertiary/aromatic N) is 1. The minimum atomic E-state index is -0.212. The molecule has 23 heavy (non-hydrogen) atoms. The summed E-state index contributed by atoms with van der Waals surface area (Å²) < 4.78 is 6.53. The van der Waals surface area contributed by atoms with Crippen LogP contribution in [0.4, 0.5) is 4.79 Å². The Morgan fingerprint density at radius 2 is 1.87 bits per heavy atom. The third-order valence-corrected chi connectivity index (χ3v) is 4.75. The van der Waals surface area contributed by atoms with Crippen LogP contribution in [0.2, 0.25) is 0 Å². The van der Waals surface area contributed by atoms with Crippen molar-refractivity contribution >= 4 is 22.0 Å². The van der Waals surface area contributed by atoms with Gasteiger partial charge < -0.3 is 9.64 Å². The number of carbonyl (C=O) groups is 1. The molecule has 3 rings (SSSR count). The molecule has 120 valence electrons. The maximum Gasteiger partial charge on any atom is 0.410 e. The van der Waals surface area contributed by atoms with Crippen molar-refractivity contribution in [3.8, 4) is 0 Å². The summed E-state index contributed by atoms with van der Waals surface area (Å²) in [4.78, 5) is 14.1. The van der Waals surface area contributed by atoms with E-state index in [-0.39, 0.29) is 6.09 Å². The maximum absolute atomic E-state index is 12.3. The fourth-order valence-electron chi connectivity index (χ4n) is 2.96. The molecule has 2 aromatic rings. The lowest BCUT2D eigenvalue weighted by atomic mass is 9.91. The fraction of sp³-hybridized carbons (Fsp3) is 0.316. The van der Waals surface area contributed by atoms with Crippen molar-refractivity contribution in [2.75, 3.05) is 13.1 Å². The molecule has 0 bridgehead atoms. The van der Waals surface area contributed by atoms with E-state index in [1.54, 1.807) is 0 Å². The Bertz CT molecular complexity index is 642. The number of amides is 1. The number of hydrogen-bond donors (Lipinski definition) is 0. The van der Waals surface area contributed by atoms with Crippen LogP contribution >= 0.6 is 15.9 Å². The molecule has 1 aliphatic rings. The molecular weight excluding hydrogens is 354 g/mol. The Hall–Kier alpha value is -1.81. The van der Waals surface area contributed by atoms with Crippen molar-refractivity contribution in [1.82, 2.24) is 4.90 Å². The van der Waals surface area contributed by atoms with Crippen LogP contribution in [0.3, 0.4) is 0 Å². The van der Waals surface area contributed by atoms with Gasteiger partial charge in [-0.05, 0) is 36.1 Å². The highest BCUT2D eigenvalue weighted by atomic mass is 79.9. The van der Waals surface area contributed by atoms with Crippen molar-refractivity contribution in [2.24, 2.45) is 0 Å². The number of hydrogen-bond acceptors (Lipinski definition) is 2. The molecule has 0 N–H and O–H groups in total. The summed E-state index contributed by atoms with van der Waals surface area (Å²) in [7, 11) is 0. The van der Waals surface area contributed by atoms with E-state index in [9.17, 15) is 4.79 Å². The molecule has 1 amide bonds. The highest BCUT2D eigenvalue weighted by molar-refractivity contribution is 9.10. The van der Waals surface area contributed by atoms with E-state index in [0.29, 0.717) is 12.5 Å². The van der Waals surface area contributed by atoms with Crippen LogP contribution in [0.15, 0.2) is 59.1 Å². The molecule has 2 aromatic carbocycles. The molecule has 3 nitrogen and oxygen atoms in total. The molecule has 1 saturated heterocycles. The molecule has 0 saturated carbocycles. The Kier molecular flexibility index (Phi) is 5.34. The van der Waals surface area contributed by atoms with Gasteiger partial charge in [-0.3, -0.25) is 0 Å². The van der Waals surface area contributed by atoms with Gasteiger partial charge in [0.05, 0.1) is 0 Å². The van der Waals surface area contributed by atoms with Gasteiger partial charge in [-0.25, -0.2) is 4.79 Å². The lowest BCUT2D eigenvalue weighted by molar-refractivity contribution is 0.0859. The van der Waals surface area contributed by atoms with E-state index in [2.05, 4.69) is 40.2 Å². The van der Waals surface area contributed by atoms with Gasteiger partial charge in [0.2, 0.25) is 0 Å². The van der Waals surface area contributed by atoms with Gasteiger partial charge in [0, 0.05) is 23.5 Å². The summed E-state index contributed by atoms with van der Waals surface area (Å²) in [5, 5.41) is 0. The van der Waals surface area contributed by atoms with Gasteiger partial charge >= 0.3 is 6.09 Å². The van der Waals surface area contributed by atoms with E-state index < -0.39 is 0 Å². The quantitative estimate of drug-likeness (QED) is 0.760. The van der Waals surface area contributed by atoms with Crippen molar-refractivity contribution in [2.45, 2.75) is 25.4 Å². The zero-order valence-electron chi connectivity index (χ0n) is 13.0. The Morgan fingerprint density at radius 3 is 2.61 bits per heavy atom. The smallest absolute Gasteiger partial charge is 0.410 e. The summed E-state index contributed by atoms with van der Waals surface area (Å²) in [5.41, 5.74) is 2.30. The molecule has 0 unspecified atom stereocenters. The van der Waals surface area contributed by atoms with E-state index in [1.807, 2.05) is 35.2 Å². The van der Waals surface area contributed by atoms with E-state index in [1.165, 1.54) is 5.56 Å². The van der Waals surface area contributed by atoms with Crippen molar-refractivity contribution in [3.05, 3.63) is 70.2 Å². The van der Waals surface area contributed by atoms with Gasteiger partial charge in [-0.1, -0.05) is 58.4 Å². The van der Waals surface area contributed by atoms with Gasteiger partial charge in [0.25, 0.3) is 0 Å². The van der Waals surface area contributed by atoms with Gasteiger partial charge in [0.1, 0.15) is 6.61 Å². The minimum absolute atomic E-state index is 0.212. The average molecular weight is 374 g/mol. The fourth-order valence-corrected chi connectivity index (χ4v) is 3.22. The van der Waals surface area contributed by atoms with Crippen molar-refractivity contribution in [1.29, 1.82) is 0 Å². The third kappa shape index (κ3) is 4.35. The predicted octanol–water partition coefficient (Wildman–Crippen LogP) is 4.97. The first kappa shape index (κ1) is 16.1. The Balaban J connectivity index is 1.57. The second-order valence-electron chi connectivity index (χ2n) is 5.88. The van der Waals surface area contributed by atoms with Crippen LogP contribution in [0, 0.1) is 0 Å². The SMILES string of the molecule is O=C(OCc1ccccc1)N1CCC[C@H](c2ccc(Br)cc2)C1. The molecule has 0 aromatic heterocycles. The maximum atomic E-state index is 12.3. The molecule has 1 fully saturated rings. The lowest BCUT2D eigenvalue weighted by Crippen LogP contribution is -2.39. The number of likely N-dealkylation sites (tertiary alicyclic amines) is 1. The summed E-state index contributed by atoms with van der Waals surface area (Å²) in [6, 6.07) is 18.2. The standard InChI is InChI=1S/C19H20BrNO2/c20-18-10-8-16(9-11-18)17-7-4-12-21(13-17)19(22)23-14-15-5-2-1-3-6-15/h1-3,5-6,8-11,17H,4,7,12-14H2/t17-/m0/s1. The Labute approximate surface area is 145 Å². The first-order chi connectivity index (χ1) is 11.2. The summed E-state index contributed by atoms with van der Waals surface area (Å²) in [5.74, 6) is 0.390. The third-order valence-electron chi connectivity index (χ3n) is 4.23. The van der Waals surface area contributed by atoms with Crippen LogP contribution in [-0.4, -0.2) is 24.1 Å². The first-order valence-electron chi connectivity index (χ1n) is 7.93. The lowest BCUT2D eigenvalue weighted by Gasteiger charge is -2.32. The average Bonchev–Trinajstić information content (AvgIpc) is 2.61. The largest absolute Gasteiger partial charge is 0.445 e. The van der Waals surface area contributed by atoms with Gasteiger partial charge in [0.15, 0.2) is 0 Å². The number of carbonyl (C=O) groups excluding carboxylic acids is 1. The van der Waals surface area contributed by atoms with Crippen LogP contribution in [0.25, 0.3) is 0 Å². The number of piperidine rings is 1. The molecule has 1 atom stereocenters. The highest BCUT2D eigenvalue weighted by Gasteiger charge is 2.25.